The molecule has 1 spiro atoms. The second kappa shape index (κ2) is 12.6. The van der Waals surface area contributed by atoms with E-state index >= 15 is 0 Å². The molecule has 0 aromatic heterocycles. The standard InChI is InChI=1S/C50H41N3O/c1-3-17-33(18-4-1)47-51-48(34-19-5-2-6-20-34)53-49(52-47)45-35-21-8-7-16-32(35)30-31-38(45)39-24-15-28-43-46(39)54-44-29-14-13-27-42(44)50(43)40-25-11-9-22-36(40)37-23-10-12-26-41(37)50/h1,3-5,8-11,13-15,17-25,27-31,47-48,51H,2,6-7,12,16,26H2,(H,52,53). The molecule has 2 heterocycles. The Labute approximate surface area is 317 Å². The first-order chi connectivity index (χ1) is 26.8. The molecule has 4 aliphatic carbocycles. The van der Waals surface area contributed by atoms with Gasteiger partial charge in [-0.15, -0.1) is 0 Å². The molecule has 0 saturated carbocycles. The molecule has 3 unspecified atom stereocenters. The number of benzene rings is 5. The smallest absolute Gasteiger partial charge is 0.140 e. The van der Waals surface area contributed by atoms with E-state index in [4.69, 9.17) is 9.73 Å². The van der Waals surface area contributed by atoms with Crippen molar-refractivity contribution in [2.24, 2.45) is 4.99 Å². The number of hydrogen-bond acceptors (Lipinski definition) is 4. The molecule has 262 valence electrons. The van der Waals surface area contributed by atoms with E-state index in [1.165, 1.54) is 50.1 Å². The lowest BCUT2D eigenvalue weighted by Crippen LogP contribution is -2.52. The van der Waals surface area contributed by atoms with Crippen LogP contribution in [0.3, 0.4) is 0 Å². The van der Waals surface area contributed by atoms with Crippen LogP contribution in [0.4, 0.5) is 0 Å². The van der Waals surface area contributed by atoms with Crippen LogP contribution in [-0.4, -0.2) is 12.0 Å². The highest BCUT2D eigenvalue weighted by Crippen LogP contribution is 2.64. The Morgan fingerprint density at radius 1 is 0.630 bits per heavy atom. The van der Waals surface area contributed by atoms with Gasteiger partial charge in [-0.2, -0.15) is 0 Å². The van der Waals surface area contributed by atoms with Crippen molar-refractivity contribution >= 4 is 17.5 Å². The summed E-state index contributed by atoms with van der Waals surface area (Å²) < 4.78 is 7.19. The molecular formula is C50H41N3O. The molecule has 0 radical (unpaired) electrons. The number of nitrogens with zero attached hydrogens (tertiary/aromatic N) is 1. The number of para-hydroxylation sites is 2. The number of hydrogen-bond donors (Lipinski definition) is 2. The Morgan fingerprint density at radius 3 is 2.31 bits per heavy atom. The number of aryl methyl sites for hydroxylation is 1. The summed E-state index contributed by atoms with van der Waals surface area (Å²) in [5, 5.41) is 7.76. The fraction of sp³-hybridized carbons (Fsp3) is 0.180. The van der Waals surface area contributed by atoms with Crippen molar-refractivity contribution in [3.8, 4) is 22.6 Å². The van der Waals surface area contributed by atoms with Gasteiger partial charge in [0.15, 0.2) is 0 Å². The summed E-state index contributed by atoms with van der Waals surface area (Å²) in [7, 11) is 0. The molecule has 11 rings (SSSR count). The maximum atomic E-state index is 7.19. The topological polar surface area (TPSA) is 45.6 Å². The molecule has 4 nitrogen and oxygen atoms in total. The van der Waals surface area contributed by atoms with Gasteiger partial charge >= 0.3 is 0 Å². The zero-order valence-corrected chi connectivity index (χ0v) is 30.2. The van der Waals surface area contributed by atoms with E-state index in [-0.39, 0.29) is 12.3 Å². The van der Waals surface area contributed by atoms with Crippen LogP contribution in [0, 0.1) is 0 Å². The normalized spacial score (nSPS) is 23.0. The summed E-state index contributed by atoms with van der Waals surface area (Å²) in [6.07, 6.45) is 22.1. The number of amidine groups is 1. The first kappa shape index (κ1) is 31.5. The van der Waals surface area contributed by atoms with Gasteiger partial charge in [-0.1, -0.05) is 146 Å². The molecule has 6 aliphatic rings. The third kappa shape index (κ3) is 4.69. The lowest BCUT2D eigenvalue weighted by Gasteiger charge is -2.42. The minimum absolute atomic E-state index is 0.0914. The van der Waals surface area contributed by atoms with Gasteiger partial charge < -0.3 is 10.1 Å². The van der Waals surface area contributed by atoms with Gasteiger partial charge in [-0.3, -0.25) is 5.32 Å². The Bertz CT molecular complexity index is 2550. The average molecular weight is 700 g/mol. The van der Waals surface area contributed by atoms with Crippen LogP contribution in [0.2, 0.25) is 0 Å². The summed E-state index contributed by atoms with van der Waals surface area (Å²) in [6.45, 7) is 0. The van der Waals surface area contributed by atoms with Gasteiger partial charge in [0.2, 0.25) is 0 Å². The number of fused-ring (bicyclic) bond motifs is 9. The highest BCUT2D eigenvalue weighted by molar-refractivity contribution is 6.09. The van der Waals surface area contributed by atoms with Crippen molar-refractivity contribution in [1.82, 2.24) is 10.6 Å². The highest BCUT2D eigenvalue weighted by Gasteiger charge is 2.52. The number of nitrogens with one attached hydrogen (secondary N) is 2. The predicted octanol–water partition coefficient (Wildman–Crippen LogP) is 11.1. The van der Waals surface area contributed by atoms with Gasteiger partial charge in [-0.05, 0) is 94.7 Å². The minimum atomic E-state index is -0.445. The third-order valence-electron chi connectivity index (χ3n) is 12.2. The van der Waals surface area contributed by atoms with Crippen LogP contribution in [0.25, 0.3) is 22.8 Å². The molecule has 0 saturated heterocycles. The molecule has 0 fully saturated rings. The molecular weight excluding hydrogens is 659 g/mol. The van der Waals surface area contributed by atoms with Gasteiger partial charge in [0.1, 0.15) is 29.7 Å². The van der Waals surface area contributed by atoms with Gasteiger partial charge in [0.25, 0.3) is 0 Å². The number of ether oxygens (including phenoxy) is 1. The minimum Gasteiger partial charge on any atom is -0.456 e. The second-order valence-electron chi connectivity index (χ2n) is 15.1. The highest BCUT2D eigenvalue weighted by atomic mass is 16.5. The van der Waals surface area contributed by atoms with Gasteiger partial charge in [0, 0.05) is 22.3 Å². The van der Waals surface area contributed by atoms with Crippen LogP contribution in [0.1, 0.15) is 82.8 Å². The molecule has 2 N–H and O–H groups in total. The third-order valence-corrected chi connectivity index (χ3v) is 12.2. The number of aliphatic imine (C=N–C) groups is 1. The summed E-state index contributed by atoms with van der Waals surface area (Å²) in [5.74, 6) is 2.76. The van der Waals surface area contributed by atoms with Gasteiger partial charge in [-0.25, -0.2) is 4.99 Å². The summed E-state index contributed by atoms with van der Waals surface area (Å²) in [4.78, 5) is 5.52. The van der Waals surface area contributed by atoms with Crippen molar-refractivity contribution in [2.75, 3.05) is 0 Å². The molecule has 3 atom stereocenters. The largest absolute Gasteiger partial charge is 0.456 e. The number of rotatable bonds is 4. The molecule has 2 aliphatic heterocycles. The monoisotopic (exact) mass is 699 g/mol. The van der Waals surface area contributed by atoms with Crippen LogP contribution in [0.5, 0.6) is 11.5 Å². The maximum absolute atomic E-state index is 7.19. The lowest BCUT2D eigenvalue weighted by molar-refractivity contribution is 0.433. The Hall–Kier alpha value is -5.97. The van der Waals surface area contributed by atoms with Crippen molar-refractivity contribution in [3.63, 3.8) is 0 Å². The lowest BCUT2D eigenvalue weighted by atomic mass is 9.63. The van der Waals surface area contributed by atoms with E-state index in [9.17, 15) is 0 Å². The van der Waals surface area contributed by atoms with Crippen LogP contribution < -0.4 is 15.4 Å². The Kier molecular flexibility index (Phi) is 7.34. The van der Waals surface area contributed by atoms with Crippen molar-refractivity contribution in [1.29, 1.82) is 0 Å². The van der Waals surface area contributed by atoms with Crippen LogP contribution in [0.15, 0.2) is 162 Å². The van der Waals surface area contributed by atoms with Crippen LogP contribution >= 0.6 is 0 Å². The summed E-state index contributed by atoms with van der Waals surface area (Å²) >= 11 is 0. The van der Waals surface area contributed by atoms with Crippen molar-refractivity contribution in [3.05, 3.63) is 201 Å². The number of allylic oxidation sites excluding steroid dienone is 7. The average Bonchev–Trinajstić information content (AvgIpc) is 3.54. The van der Waals surface area contributed by atoms with E-state index in [0.717, 1.165) is 78.1 Å². The van der Waals surface area contributed by atoms with Crippen molar-refractivity contribution in [2.45, 2.75) is 56.3 Å². The maximum Gasteiger partial charge on any atom is 0.140 e. The van der Waals surface area contributed by atoms with E-state index in [1.807, 2.05) is 0 Å². The molecule has 4 heteroatoms. The molecule has 5 aromatic rings. The molecule has 54 heavy (non-hydrogen) atoms. The predicted molar refractivity (Wildman–Crippen MR) is 220 cm³/mol. The van der Waals surface area contributed by atoms with Gasteiger partial charge in [0.05, 0.1) is 5.41 Å². The Balaban J connectivity index is 1.16. The fourth-order valence-electron chi connectivity index (χ4n) is 9.90. The zero-order valence-electron chi connectivity index (χ0n) is 30.2. The fourth-order valence-corrected chi connectivity index (χ4v) is 9.90. The van der Waals surface area contributed by atoms with E-state index < -0.39 is 5.41 Å². The SMILES string of the molecule is C1=CC(C2NC(c3c(-c4cccc5c4Oc4ccccc4C54C5=C(C=CCC5)c5ccccc54)ccc4c3C=CCC4)=NC(c3ccccc3)N2)=CCC1. The molecule has 0 amide bonds. The molecule has 0 bridgehead atoms. The van der Waals surface area contributed by atoms with Crippen molar-refractivity contribution < 1.29 is 4.74 Å². The van der Waals surface area contributed by atoms with E-state index in [1.54, 1.807) is 0 Å². The Morgan fingerprint density at radius 2 is 1.41 bits per heavy atom. The molecule has 5 aromatic carbocycles. The summed E-state index contributed by atoms with van der Waals surface area (Å²) in [5.41, 5.74) is 15.8. The first-order valence-electron chi connectivity index (χ1n) is 19.5. The van der Waals surface area contributed by atoms with E-state index in [0.29, 0.717) is 0 Å². The second-order valence-corrected chi connectivity index (χ2v) is 15.1. The zero-order chi connectivity index (χ0) is 35.6. The van der Waals surface area contributed by atoms with E-state index in [2.05, 4.69) is 162 Å². The summed E-state index contributed by atoms with van der Waals surface area (Å²) in [6, 6.07) is 39.9. The quantitative estimate of drug-likeness (QED) is 0.196. The van der Waals surface area contributed by atoms with Crippen LogP contribution in [-0.2, 0) is 11.8 Å². The first-order valence-corrected chi connectivity index (χ1v) is 19.5.